The van der Waals surface area contributed by atoms with Gasteiger partial charge in [-0.3, -0.25) is 14.9 Å². The van der Waals surface area contributed by atoms with Crippen molar-refractivity contribution in [3.63, 3.8) is 0 Å². The summed E-state index contributed by atoms with van der Waals surface area (Å²) < 4.78 is 52.6. The predicted octanol–water partition coefficient (Wildman–Crippen LogP) is 6.00. The van der Waals surface area contributed by atoms with Crippen molar-refractivity contribution in [2.24, 2.45) is 13.0 Å². The number of nitrogens with zero attached hydrogens (tertiary/aromatic N) is 4. The largest absolute Gasteiger partial charge is 0.491 e. The highest BCUT2D eigenvalue weighted by Crippen LogP contribution is 2.44. The number of nitrogens with one attached hydrogen (secondary N) is 1. The fourth-order valence-electron chi connectivity index (χ4n) is 4.74. The molecule has 0 unspecified atom stereocenters. The van der Waals surface area contributed by atoms with Crippen LogP contribution in [-0.4, -0.2) is 31.3 Å². The van der Waals surface area contributed by atoms with E-state index >= 15 is 0 Å². The topological polar surface area (TPSA) is 77.8 Å². The maximum Gasteiger partial charge on any atom is 0.435 e. The van der Waals surface area contributed by atoms with Gasteiger partial charge in [-0.2, -0.15) is 18.3 Å². The summed E-state index contributed by atoms with van der Waals surface area (Å²) in [6.07, 6.45) is 0.333. The van der Waals surface area contributed by atoms with Crippen LogP contribution in [0.5, 0.6) is 5.75 Å². The van der Waals surface area contributed by atoms with Crippen LogP contribution in [0, 0.1) is 11.3 Å². The number of rotatable bonds is 6. The third-order valence-electron chi connectivity index (χ3n) is 6.75. The molecule has 2 aromatic carbocycles. The van der Waals surface area contributed by atoms with E-state index in [1.54, 1.807) is 65.8 Å². The molecule has 0 radical (unpaired) electrons. The van der Waals surface area contributed by atoms with Crippen LogP contribution in [-0.2, 0) is 32.7 Å². The van der Waals surface area contributed by atoms with Crippen LogP contribution < -0.4 is 10.4 Å². The number of aryl methyl sites for hydroxylation is 2. The molecule has 1 aliphatic heterocycles. The molecule has 0 saturated heterocycles. The zero-order valence-electron chi connectivity index (χ0n) is 21.0. The highest BCUT2D eigenvalue weighted by molar-refractivity contribution is 6.42. The Morgan fingerprint density at radius 3 is 2.46 bits per heavy atom. The van der Waals surface area contributed by atoms with Crippen LogP contribution in [0.15, 0.2) is 48.9 Å². The molecule has 2 aromatic heterocycles. The van der Waals surface area contributed by atoms with Gasteiger partial charge in [0.15, 0.2) is 11.5 Å². The molecule has 0 spiro atoms. The summed E-state index contributed by atoms with van der Waals surface area (Å²) in [4.78, 5) is 13.7. The van der Waals surface area contributed by atoms with Gasteiger partial charge in [-0.15, -0.1) is 0 Å². The Kier molecular flexibility index (Phi) is 7.11. The van der Waals surface area contributed by atoms with E-state index < -0.39 is 17.8 Å². The fraction of sp³-hybridized carbons (Fsp3) is 0.296. The Morgan fingerprint density at radius 1 is 1.08 bits per heavy atom. The van der Waals surface area contributed by atoms with Crippen molar-refractivity contribution in [2.75, 3.05) is 6.61 Å². The summed E-state index contributed by atoms with van der Waals surface area (Å²) in [6.45, 7) is 2.09. The molecule has 0 amide bonds. The average molecular weight is 578 g/mol. The Labute approximate surface area is 231 Å². The van der Waals surface area contributed by atoms with Crippen molar-refractivity contribution in [1.29, 1.82) is 5.41 Å². The van der Waals surface area contributed by atoms with Gasteiger partial charge in [0.25, 0.3) is 0 Å². The lowest BCUT2D eigenvalue weighted by Gasteiger charge is -2.27. The Balaban J connectivity index is 1.62. The number of hydrogen-bond donors (Lipinski definition) is 1. The maximum absolute atomic E-state index is 14.0. The molecule has 7 nitrogen and oxygen atoms in total. The molecule has 0 fully saturated rings. The summed E-state index contributed by atoms with van der Waals surface area (Å²) in [5.41, 5.74) is 0.655. The van der Waals surface area contributed by atoms with Gasteiger partial charge in [0.2, 0.25) is 5.62 Å². The molecule has 5 rings (SSSR count). The van der Waals surface area contributed by atoms with E-state index in [1.807, 2.05) is 0 Å². The van der Waals surface area contributed by atoms with E-state index in [4.69, 9.17) is 33.3 Å². The summed E-state index contributed by atoms with van der Waals surface area (Å²) in [7, 11) is 1.72. The Bertz CT molecular complexity index is 1640. The van der Waals surface area contributed by atoms with Crippen molar-refractivity contribution in [2.45, 2.75) is 32.6 Å². The molecule has 0 aliphatic carbocycles. The van der Waals surface area contributed by atoms with Gasteiger partial charge in [-0.1, -0.05) is 29.3 Å². The first-order valence-electron chi connectivity index (χ1n) is 12.2. The van der Waals surface area contributed by atoms with E-state index in [0.29, 0.717) is 22.0 Å². The number of carbonyl (C=O) groups excluding carboxylic acids is 1. The van der Waals surface area contributed by atoms with Crippen LogP contribution >= 0.6 is 23.2 Å². The average Bonchev–Trinajstić information content (AvgIpc) is 3.47. The molecule has 12 heteroatoms. The van der Waals surface area contributed by atoms with Gasteiger partial charge in [-0.05, 0) is 48.7 Å². The van der Waals surface area contributed by atoms with Gasteiger partial charge in [0, 0.05) is 43.3 Å². The van der Waals surface area contributed by atoms with E-state index in [9.17, 15) is 18.0 Å². The molecule has 1 atom stereocenters. The van der Waals surface area contributed by atoms with Gasteiger partial charge in [0.05, 0.1) is 34.7 Å². The Morgan fingerprint density at radius 2 is 1.82 bits per heavy atom. The first-order valence-corrected chi connectivity index (χ1v) is 12.9. The first-order chi connectivity index (χ1) is 18.5. The van der Waals surface area contributed by atoms with Gasteiger partial charge < -0.3 is 13.9 Å². The van der Waals surface area contributed by atoms with E-state index in [2.05, 4.69) is 5.10 Å². The quantitative estimate of drug-likeness (QED) is 0.305. The minimum absolute atomic E-state index is 0.00794. The molecule has 1 N–H and O–H groups in total. The lowest BCUT2D eigenvalue weighted by molar-refractivity contribution is -0.141. The number of imidazole rings is 1. The number of hydrogen-bond acceptors (Lipinski definition) is 4. The van der Waals surface area contributed by atoms with Crippen molar-refractivity contribution in [3.05, 3.63) is 87.0 Å². The normalized spacial score (nSPS) is 15.4. The van der Waals surface area contributed by atoms with Crippen molar-refractivity contribution < 1.29 is 22.7 Å². The van der Waals surface area contributed by atoms with Gasteiger partial charge >= 0.3 is 6.18 Å². The molecular formula is C27H24Cl2F3N5O2. The minimum atomic E-state index is -4.71. The third kappa shape index (κ3) is 5.23. The second kappa shape index (κ2) is 10.2. The number of ketones is 1. The number of aromatic nitrogens is 4. The van der Waals surface area contributed by atoms with Crippen LogP contribution in [0.3, 0.4) is 0 Å². The molecule has 39 heavy (non-hydrogen) atoms. The number of ether oxygens (including phenoxy) is 1. The number of halogens is 5. The second-order valence-corrected chi connectivity index (χ2v) is 10.3. The van der Waals surface area contributed by atoms with Crippen LogP contribution in [0.2, 0.25) is 10.0 Å². The zero-order valence-corrected chi connectivity index (χ0v) is 22.5. The summed E-state index contributed by atoms with van der Waals surface area (Å²) in [6, 6.07) is 8.33. The van der Waals surface area contributed by atoms with Gasteiger partial charge in [-0.25, -0.2) is 0 Å². The molecular weight excluding hydrogens is 554 g/mol. The lowest BCUT2D eigenvalue weighted by atomic mass is 9.86. The summed E-state index contributed by atoms with van der Waals surface area (Å²) >= 11 is 12.2. The Hall–Kier alpha value is -3.50. The maximum atomic E-state index is 14.0. The summed E-state index contributed by atoms with van der Waals surface area (Å²) in [5.74, 6) is -0.722. The smallest absolute Gasteiger partial charge is 0.435 e. The molecule has 0 bridgehead atoms. The van der Waals surface area contributed by atoms with Crippen LogP contribution in [0.25, 0.3) is 11.1 Å². The minimum Gasteiger partial charge on any atom is -0.491 e. The SMILES string of the molecule is CCn1cc(-c2cc(Cn3ccn(C)c3=N)cc3c2OC[C@H](Cc2ccc(Cl)c(Cl)c2)C3=O)c(C(F)(F)F)n1. The number of benzene rings is 2. The number of carbonyl (C=O) groups is 1. The van der Waals surface area contributed by atoms with E-state index in [1.165, 1.54) is 10.9 Å². The molecule has 3 heterocycles. The standard InChI is InChI=1S/C27H24Cl2F3N5O2/c1-3-37-13-20(25(34-37)27(30,31)32)18-9-16(12-36-7-6-35(2)26(36)33)10-19-23(38)17(14-39-24(18)19)8-15-4-5-21(28)22(29)11-15/h4-7,9-11,13,17,33H,3,8,12,14H2,1-2H3/t17-/m0/s1. The fourth-order valence-corrected chi connectivity index (χ4v) is 5.06. The highest BCUT2D eigenvalue weighted by atomic mass is 35.5. The van der Waals surface area contributed by atoms with Crippen LogP contribution in [0.4, 0.5) is 13.2 Å². The lowest BCUT2D eigenvalue weighted by Crippen LogP contribution is -2.30. The third-order valence-corrected chi connectivity index (χ3v) is 7.49. The van der Waals surface area contributed by atoms with E-state index in [-0.39, 0.29) is 53.5 Å². The van der Waals surface area contributed by atoms with Crippen molar-refractivity contribution >= 4 is 29.0 Å². The summed E-state index contributed by atoms with van der Waals surface area (Å²) in [5, 5.41) is 12.8. The molecule has 4 aromatic rings. The number of alkyl halides is 3. The van der Waals surface area contributed by atoms with Crippen molar-refractivity contribution in [1.82, 2.24) is 18.9 Å². The van der Waals surface area contributed by atoms with Gasteiger partial charge in [0.1, 0.15) is 5.75 Å². The first kappa shape index (κ1) is 27.1. The van der Waals surface area contributed by atoms with Crippen molar-refractivity contribution in [3.8, 4) is 16.9 Å². The highest BCUT2D eigenvalue weighted by Gasteiger charge is 2.40. The molecule has 0 saturated carbocycles. The predicted molar refractivity (Wildman–Crippen MR) is 140 cm³/mol. The zero-order chi connectivity index (χ0) is 28.1. The molecule has 204 valence electrons. The number of fused-ring (bicyclic) bond motifs is 1. The van der Waals surface area contributed by atoms with E-state index in [0.717, 1.165) is 5.56 Å². The van der Waals surface area contributed by atoms with Crippen LogP contribution in [0.1, 0.15) is 34.1 Å². The number of Topliss-reactive ketones (excluding diaryl/α,β-unsaturated/α-hetero) is 1. The second-order valence-electron chi connectivity index (χ2n) is 9.45. The molecule has 1 aliphatic rings. The monoisotopic (exact) mass is 577 g/mol.